The second-order valence-corrected chi connectivity index (χ2v) is 7.40. The molecule has 0 bridgehead atoms. The first-order valence-corrected chi connectivity index (χ1v) is 10.7. The van der Waals surface area contributed by atoms with E-state index in [1.807, 2.05) is 31.2 Å². The van der Waals surface area contributed by atoms with E-state index in [0.29, 0.717) is 23.8 Å². The second-order valence-electron chi connectivity index (χ2n) is 7.40. The van der Waals surface area contributed by atoms with E-state index in [0.717, 1.165) is 17.7 Å². The third-order valence-electron chi connectivity index (χ3n) is 5.08. The minimum absolute atomic E-state index is 0.0119. The summed E-state index contributed by atoms with van der Waals surface area (Å²) in [6, 6.07) is 14.4. The Kier molecular flexibility index (Phi) is 9.25. The fraction of sp³-hybridized carbons (Fsp3) is 0.400. The molecule has 0 saturated heterocycles. The van der Waals surface area contributed by atoms with Crippen molar-refractivity contribution in [2.24, 2.45) is 0 Å². The Morgan fingerprint density at radius 3 is 2.26 bits per heavy atom. The van der Waals surface area contributed by atoms with Gasteiger partial charge in [-0.25, -0.2) is 0 Å². The van der Waals surface area contributed by atoms with E-state index >= 15 is 0 Å². The average molecular weight is 426 g/mol. The van der Waals surface area contributed by atoms with E-state index in [-0.39, 0.29) is 18.6 Å². The predicted octanol–water partition coefficient (Wildman–Crippen LogP) is 5.13. The molecule has 2 unspecified atom stereocenters. The number of esters is 1. The van der Waals surface area contributed by atoms with Crippen molar-refractivity contribution in [3.8, 4) is 5.75 Å². The number of carbonyl (C=O) groups excluding carboxylic acids is 3. The fourth-order valence-corrected chi connectivity index (χ4v) is 3.07. The smallest absolute Gasteiger partial charge is 0.307 e. The molecule has 2 aromatic carbocycles. The topological polar surface area (TPSA) is 81.7 Å². The lowest BCUT2D eigenvalue weighted by atomic mass is 9.97. The van der Waals surface area contributed by atoms with Gasteiger partial charge in [-0.15, -0.1) is 0 Å². The van der Waals surface area contributed by atoms with Crippen LogP contribution < -0.4 is 10.1 Å². The molecule has 2 rings (SSSR count). The molecule has 0 heterocycles. The van der Waals surface area contributed by atoms with Crippen molar-refractivity contribution in [2.45, 2.75) is 59.0 Å². The van der Waals surface area contributed by atoms with Crippen molar-refractivity contribution in [3.63, 3.8) is 0 Å². The third kappa shape index (κ3) is 7.24. The number of rotatable bonds is 11. The number of amides is 1. The highest BCUT2D eigenvalue weighted by molar-refractivity contribution is 5.98. The number of ketones is 1. The van der Waals surface area contributed by atoms with Crippen LogP contribution in [0.5, 0.6) is 5.75 Å². The highest BCUT2D eigenvalue weighted by Crippen LogP contribution is 2.26. The maximum Gasteiger partial charge on any atom is 0.307 e. The molecule has 0 aliphatic heterocycles. The Hall–Kier alpha value is -3.15. The van der Waals surface area contributed by atoms with Gasteiger partial charge in [0.05, 0.1) is 13.0 Å². The largest absolute Gasteiger partial charge is 0.494 e. The molecule has 6 nitrogen and oxygen atoms in total. The molecular weight excluding hydrogens is 394 g/mol. The van der Waals surface area contributed by atoms with Gasteiger partial charge in [-0.1, -0.05) is 32.0 Å². The Bertz CT molecular complexity index is 891. The number of benzene rings is 2. The first-order valence-electron chi connectivity index (χ1n) is 10.7. The van der Waals surface area contributed by atoms with E-state index in [9.17, 15) is 14.4 Å². The van der Waals surface area contributed by atoms with Crippen LogP contribution in [0.1, 0.15) is 68.8 Å². The molecule has 0 fully saturated rings. The Morgan fingerprint density at radius 1 is 0.935 bits per heavy atom. The van der Waals surface area contributed by atoms with Crippen LogP contribution in [0, 0.1) is 0 Å². The molecule has 1 N–H and O–H groups in total. The summed E-state index contributed by atoms with van der Waals surface area (Å²) in [5.74, 6) is -0.171. The van der Waals surface area contributed by atoms with E-state index in [1.54, 1.807) is 24.3 Å². The van der Waals surface area contributed by atoms with Crippen molar-refractivity contribution < 1.29 is 23.9 Å². The third-order valence-corrected chi connectivity index (χ3v) is 5.08. The lowest BCUT2D eigenvalue weighted by molar-refractivity contribution is -0.153. The fourth-order valence-electron chi connectivity index (χ4n) is 3.07. The molecule has 6 heteroatoms. The summed E-state index contributed by atoms with van der Waals surface area (Å²) in [4.78, 5) is 36.9. The molecule has 166 valence electrons. The summed E-state index contributed by atoms with van der Waals surface area (Å²) in [5.41, 5.74) is 2.26. The summed E-state index contributed by atoms with van der Waals surface area (Å²) >= 11 is 0. The second kappa shape index (κ2) is 11.9. The SMILES string of the molecule is CCOc1ccc(C(=O)CCC(=O)OC(C)C(=O)Nc2ccccc2C(C)CC)cc1. The molecule has 1 amide bonds. The summed E-state index contributed by atoms with van der Waals surface area (Å²) in [5, 5.41) is 2.84. The first kappa shape index (κ1) is 24.1. The van der Waals surface area contributed by atoms with E-state index in [2.05, 4.69) is 19.2 Å². The molecule has 0 saturated carbocycles. The van der Waals surface area contributed by atoms with Gasteiger partial charge in [-0.05, 0) is 62.1 Å². The van der Waals surface area contributed by atoms with Crippen LogP contribution in [-0.2, 0) is 14.3 Å². The molecule has 2 atom stereocenters. The lowest BCUT2D eigenvalue weighted by Crippen LogP contribution is -2.30. The molecule has 0 aromatic heterocycles. The zero-order valence-electron chi connectivity index (χ0n) is 18.6. The van der Waals surface area contributed by atoms with Crippen molar-refractivity contribution in [1.29, 1.82) is 0 Å². The number of nitrogens with one attached hydrogen (secondary N) is 1. The van der Waals surface area contributed by atoms with E-state index in [4.69, 9.17) is 9.47 Å². The van der Waals surface area contributed by atoms with Crippen LogP contribution >= 0.6 is 0 Å². The van der Waals surface area contributed by atoms with Crippen LogP contribution in [0.4, 0.5) is 5.69 Å². The van der Waals surface area contributed by atoms with Crippen LogP contribution in [0.2, 0.25) is 0 Å². The van der Waals surface area contributed by atoms with Gasteiger partial charge < -0.3 is 14.8 Å². The predicted molar refractivity (Wildman–Crippen MR) is 121 cm³/mol. The number of para-hydroxylation sites is 1. The van der Waals surface area contributed by atoms with Crippen molar-refractivity contribution in [2.75, 3.05) is 11.9 Å². The van der Waals surface area contributed by atoms with Crippen LogP contribution in [-0.4, -0.2) is 30.4 Å². The lowest BCUT2D eigenvalue weighted by Gasteiger charge is -2.18. The molecule has 31 heavy (non-hydrogen) atoms. The number of ether oxygens (including phenoxy) is 2. The average Bonchev–Trinajstić information content (AvgIpc) is 2.78. The monoisotopic (exact) mass is 425 g/mol. The van der Waals surface area contributed by atoms with Gasteiger partial charge in [0.15, 0.2) is 11.9 Å². The van der Waals surface area contributed by atoms with Gasteiger partial charge in [0.25, 0.3) is 5.91 Å². The van der Waals surface area contributed by atoms with Gasteiger partial charge >= 0.3 is 5.97 Å². The van der Waals surface area contributed by atoms with Crippen molar-refractivity contribution >= 4 is 23.3 Å². The first-order chi connectivity index (χ1) is 14.8. The molecule has 0 aliphatic carbocycles. The zero-order valence-corrected chi connectivity index (χ0v) is 18.6. The molecule has 2 aromatic rings. The number of carbonyl (C=O) groups is 3. The van der Waals surface area contributed by atoms with Crippen LogP contribution in [0.3, 0.4) is 0 Å². The Labute approximate surface area is 183 Å². The summed E-state index contributed by atoms with van der Waals surface area (Å²) in [7, 11) is 0. The highest BCUT2D eigenvalue weighted by atomic mass is 16.5. The number of hydrogen-bond donors (Lipinski definition) is 1. The van der Waals surface area contributed by atoms with Gasteiger partial charge in [-0.2, -0.15) is 0 Å². The molecule has 0 aliphatic rings. The van der Waals surface area contributed by atoms with E-state index < -0.39 is 18.0 Å². The van der Waals surface area contributed by atoms with Crippen molar-refractivity contribution in [3.05, 3.63) is 59.7 Å². The quantitative estimate of drug-likeness (QED) is 0.399. The van der Waals surface area contributed by atoms with Gasteiger partial charge in [-0.3, -0.25) is 14.4 Å². The number of anilines is 1. The van der Waals surface area contributed by atoms with Gasteiger partial charge in [0, 0.05) is 17.7 Å². The minimum atomic E-state index is -0.960. The summed E-state index contributed by atoms with van der Waals surface area (Å²) in [6.45, 7) is 8.13. The summed E-state index contributed by atoms with van der Waals surface area (Å²) < 4.78 is 10.6. The van der Waals surface area contributed by atoms with Crippen LogP contribution in [0.25, 0.3) is 0 Å². The van der Waals surface area contributed by atoms with Crippen molar-refractivity contribution in [1.82, 2.24) is 0 Å². The molecule has 0 spiro atoms. The Morgan fingerprint density at radius 2 is 1.61 bits per heavy atom. The molecule has 0 radical (unpaired) electrons. The number of Topliss-reactive ketones (excluding diaryl/α,β-unsaturated/α-hetero) is 1. The van der Waals surface area contributed by atoms with Crippen LogP contribution in [0.15, 0.2) is 48.5 Å². The maximum atomic E-state index is 12.5. The summed E-state index contributed by atoms with van der Waals surface area (Å²) in [6.07, 6.45) is -0.0941. The number of hydrogen-bond acceptors (Lipinski definition) is 5. The van der Waals surface area contributed by atoms with Gasteiger partial charge in [0.1, 0.15) is 5.75 Å². The minimum Gasteiger partial charge on any atom is -0.494 e. The zero-order chi connectivity index (χ0) is 22.8. The normalized spacial score (nSPS) is 12.5. The van der Waals surface area contributed by atoms with E-state index in [1.165, 1.54) is 6.92 Å². The maximum absolute atomic E-state index is 12.5. The Balaban J connectivity index is 1.85. The molecular formula is C25H31NO5. The standard InChI is InChI=1S/C25H31NO5/c1-5-17(3)21-9-7-8-10-22(21)26-25(29)18(4)31-24(28)16-15-23(27)19-11-13-20(14-12-19)30-6-2/h7-14,17-18H,5-6,15-16H2,1-4H3,(H,26,29). The van der Waals surface area contributed by atoms with Gasteiger partial charge in [0.2, 0.25) is 0 Å². The highest BCUT2D eigenvalue weighted by Gasteiger charge is 2.20.